The Kier molecular flexibility index (Phi) is 3.53. The van der Waals surface area contributed by atoms with Gasteiger partial charge < -0.3 is 10.1 Å². The maximum Gasteiger partial charge on any atom is 0.254 e. The smallest absolute Gasteiger partial charge is 0.254 e. The van der Waals surface area contributed by atoms with Gasteiger partial charge in [-0.05, 0) is 12.1 Å². The Balaban J connectivity index is 3.02. The zero-order valence-electron chi connectivity index (χ0n) is 7.91. The third-order valence-corrected chi connectivity index (χ3v) is 1.63. The lowest BCUT2D eigenvalue weighted by Crippen LogP contribution is -2.18. The van der Waals surface area contributed by atoms with Crippen molar-refractivity contribution in [3.63, 3.8) is 0 Å². The van der Waals surface area contributed by atoms with E-state index < -0.39 is 0 Å². The molecule has 0 fully saturated rings. The van der Waals surface area contributed by atoms with Crippen molar-refractivity contribution in [2.45, 2.75) is 0 Å². The van der Waals surface area contributed by atoms with Gasteiger partial charge in [-0.3, -0.25) is 4.79 Å². The normalized spacial score (nSPS) is 8.64. The van der Waals surface area contributed by atoms with Crippen LogP contribution in [0.4, 0.5) is 0 Å². The highest BCUT2D eigenvalue weighted by molar-refractivity contribution is 5.96. The van der Waals surface area contributed by atoms with Gasteiger partial charge in [0.05, 0.1) is 5.56 Å². The minimum absolute atomic E-state index is 0.182. The molecule has 0 heterocycles. The SMILES string of the molecule is C=C=COc1ccccc1C(=O)NC. The maximum atomic E-state index is 11.4. The predicted octanol–water partition coefficient (Wildman–Crippen LogP) is 1.72. The zero-order chi connectivity index (χ0) is 10.4. The van der Waals surface area contributed by atoms with Crippen molar-refractivity contribution >= 4 is 5.91 Å². The van der Waals surface area contributed by atoms with E-state index >= 15 is 0 Å². The molecule has 0 spiro atoms. The molecule has 0 aliphatic carbocycles. The van der Waals surface area contributed by atoms with E-state index in [1.165, 1.54) is 6.26 Å². The van der Waals surface area contributed by atoms with E-state index in [9.17, 15) is 4.79 Å². The Labute approximate surface area is 82.7 Å². The number of hydrogen-bond donors (Lipinski definition) is 1. The van der Waals surface area contributed by atoms with E-state index in [1.807, 2.05) is 0 Å². The molecule has 0 radical (unpaired) electrons. The second-order valence-electron chi connectivity index (χ2n) is 2.52. The fraction of sp³-hybridized carbons (Fsp3) is 0.0909. The summed E-state index contributed by atoms with van der Waals surface area (Å²) in [6.07, 6.45) is 1.31. The molecule has 0 atom stereocenters. The van der Waals surface area contributed by atoms with Crippen molar-refractivity contribution in [2.24, 2.45) is 0 Å². The van der Waals surface area contributed by atoms with Crippen LogP contribution in [-0.2, 0) is 0 Å². The number of rotatable bonds is 3. The first-order chi connectivity index (χ1) is 6.79. The molecule has 3 nitrogen and oxygen atoms in total. The second-order valence-corrected chi connectivity index (χ2v) is 2.52. The predicted molar refractivity (Wildman–Crippen MR) is 54.2 cm³/mol. The number of carbonyl (C=O) groups is 1. The molecular weight excluding hydrogens is 178 g/mol. The van der Waals surface area contributed by atoms with Gasteiger partial charge >= 0.3 is 0 Å². The molecule has 1 rings (SSSR count). The minimum Gasteiger partial charge on any atom is -0.456 e. The number of amides is 1. The summed E-state index contributed by atoms with van der Waals surface area (Å²) in [7, 11) is 1.57. The Hall–Kier alpha value is -1.99. The number of benzene rings is 1. The van der Waals surface area contributed by atoms with Crippen molar-refractivity contribution in [1.82, 2.24) is 5.32 Å². The van der Waals surface area contributed by atoms with Gasteiger partial charge in [0.25, 0.3) is 5.91 Å². The van der Waals surface area contributed by atoms with Gasteiger partial charge in [0, 0.05) is 7.05 Å². The zero-order valence-corrected chi connectivity index (χ0v) is 7.91. The lowest BCUT2D eigenvalue weighted by Gasteiger charge is -2.05. The van der Waals surface area contributed by atoms with E-state index in [1.54, 1.807) is 31.3 Å². The second kappa shape index (κ2) is 4.90. The maximum absolute atomic E-state index is 11.4. The van der Waals surface area contributed by atoms with Crippen molar-refractivity contribution in [3.05, 3.63) is 48.4 Å². The summed E-state index contributed by atoms with van der Waals surface area (Å²) in [6.45, 7) is 3.36. The molecule has 0 unspecified atom stereocenters. The van der Waals surface area contributed by atoms with Crippen LogP contribution in [0.3, 0.4) is 0 Å². The van der Waals surface area contributed by atoms with Crippen LogP contribution in [0.5, 0.6) is 5.75 Å². The van der Waals surface area contributed by atoms with Crippen LogP contribution in [-0.4, -0.2) is 13.0 Å². The largest absolute Gasteiger partial charge is 0.456 e. The summed E-state index contributed by atoms with van der Waals surface area (Å²) in [5.74, 6) is 0.307. The number of hydrogen-bond acceptors (Lipinski definition) is 2. The Morgan fingerprint density at radius 3 is 2.93 bits per heavy atom. The van der Waals surface area contributed by atoms with Crippen LogP contribution in [0.25, 0.3) is 0 Å². The number of ether oxygens (including phenoxy) is 1. The number of para-hydroxylation sites is 1. The van der Waals surface area contributed by atoms with Gasteiger partial charge in [-0.1, -0.05) is 24.4 Å². The number of nitrogens with one attached hydrogen (secondary N) is 1. The highest BCUT2D eigenvalue weighted by atomic mass is 16.5. The highest BCUT2D eigenvalue weighted by Gasteiger charge is 2.08. The van der Waals surface area contributed by atoms with Gasteiger partial charge in [0.15, 0.2) is 0 Å². The van der Waals surface area contributed by atoms with E-state index in [2.05, 4.69) is 17.6 Å². The van der Waals surface area contributed by atoms with Crippen LogP contribution in [0.15, 0.2) is 42.8 Å². The lowest BCUT2D eigenvalue weighted by molar-refractivity contribution is 0.0961. The van der Waals surface area contributed by atoms with Crippen molar-refractivity contribution in [1.29, 1.82) is 0 Å². The summed E-state index contributed by atoms with van der Waals surface area (Å²) in [4.78, 5) is 11.4. The average molecular weight is 189 g/mol. The van der Waals surface area contributed by atoms with E-state index in [0.717, 1.165) is 0 Å². The molecule has 0 aliphatic rings. The lowest BCUT2D eigenvalue weighted by atomic mass is 10.2. The van der Waals surface area contributed by atoms with E-state index in [0.29, 0.717) is 11.3 Å². The van der Waals surface area contributed by atoms with Crippen LogP contribution >= 0.6 is 0 Å². The topological polar surface area (TPSA) is 38.3 Å². The van der Waals surface area contributed by atoms with Crippen molar-refractivity contribution in [3.8, 4) is 5.75 Å². The van der Waals surface area contributed by atoms with Crippen molar-refractivity contribution < 1.29 is 9.53 Å². The van der Waals surface area contributed by atoms with Gasteiger partial charge in [0.2, 0.25) is 0 Å². The molecule has 0 saturated carbocycles. The Bertz CT molecular complexity index is 379. The molecule has 0 aromatic heterocycles. The fourth-order valence-electron chi connectivity index (χ4n) is 0.997. The summed E-state index contributed by atoms with van der Waals surface area (Å²) in [6, 6.07) is 6.96. The standard InChI is InChI=1S/C11H11NO2/c1-3-8-14-10-7-5-4-6-9(10)11(13)12-2/h4-8H,1H2,2H3,(H,12,13). The van der Waals surface area contributed by atoms with Crippen LogP contribution in [0, 0.1) is 0 Å². The molecule has 1 N–H and O–H groups in total. The van der Waals surface area contributed by atoms with Crippen LogP contribution in [0.2, 0.25) is 0 Å². The van der Waals surface area contributed by atoms with E-state index in [4.69, 9.17) is 4.74 Å². The molecule has 0 saturated heterocycles. The minimum atomic E-state index is -0.182. The van der Waals surface area contributed by atoms with Gasteiger partial charge in [-0.15, -0.1) is 0 Å². The molecule has 72 valence electrons. The molecule has 14 heavy (non-hydrogen) atoms. The van der Waals surface area contributed by atoms with Crippen molar-refractivity contribution in [2.75, 3.05) is 7.05 Å². The third-order valence-electron chi connectivity index (χ3n) is 1.63. The molecule has 1 aromatic carbocycles. The summed E-state index contributed by atoms with van der Waals surface area (Å²) in [5, 5.41) is 2.53. The van der Waals surface area contributed by atoms with Crippen LogP contribution < -0.4 is 10.1 Å². The molecule has 1 amide bonds. The first-order valence-corrected chi connectivity index (χ1v) is 4.11. The summed E-state index contributed by atoms with van der Waals surface area (Å²) < 4.78 is 5.15. The van der Waals surface area contributed by atoms with Crippen LogP contribution in [0.1, 0.15) is 10.4 Å². The molecular formula is C11H11NO2. The summed E-state index contributed by atoms with van der Waals surface area (Å²) >= 11 is 0. The first kappa shape index (κ1) is 10.1. The van der Waals surface area contributed by atoms with E-state index in [-0.39, 0.29) is 5.91 Å². The molecule has 3 heteroatoms. The molecule has 0 aliphatic heterocycles. The van der Waals surface area contributed by atoms with Gasteiger partial charge in [-0.25, -0.2) is 0 Å². The molecule has 0 bridgehead atoms. The van der Waals surface area contributed by atoms with Gasteiger partial charge in [-0.2, -0.15) is 0 Å². The fourth-order valence-corrected chi connectivity index (χ4v) is 0.997. The quantitative estimate of drug-likeness (QED) is 0.580. The Morgan fingerprint density at radius 1 is 1.57 bits per heavy atom. The summed E-state index contributed by atoms with van der Waals surface area (Å²) in [5.41, 5.74) is 2.96. The Morgan fingerprint density at radius 2 is 2.29 bits per heavy atom. The average Bonchev–Trinajstić information content (AvgIpc) is 2.25. The molecule has 1 aromatic rings. The monoisotopic (exact) mass is 189 g/mol. The van der Waals surface area contributed by atoms with Gasteiger partial charge in [0.1, 0.15) is 12.0 Å². The number of carbonyl (C=O) groups excluding carboxylic acids is 1. The third kappa shape index (κ3) is 2.25. The highest BCUT2D eigenvalue weighted by Crippen LogP contribution is 2.17. The first-order valence-electron chi connectivity index (χ1n) is 4.11.